The fourth-order valence-corrected chi connectivity index (χ4v) is 2.07. The zero-order chi connectivity index (χ0) is 18.7. The van der Waals surface area contributed by atoms with Crippen molar-refractivity contribution in [3.63, 3.8) is 0 Å². The summed E-state index contributed by atoms with van der Waals surface area (Å²) in [4.78, 5) is 44.8. The van der Waals surface area contributed by atoms with Gasteiger partial charge in [-0.15, -0.1) is 0 Å². The standard InChI is InChI=1S/C16H26N2O7/c1-12(19)4-6-14(21)17-10-24-16(8-3-9-23-16)25-11-18-15(22)7-5-13(2)20/h3-11H2,1-2H3,(H,17,21)(H,18,22). The van der Waals surface area contributed by atoms with Crippen LogP contribution in [0.15, 0.2) is 0 Å². The van der Waals surface area contributed by atoms with Gasteiger partial charge in [0.05, 0.1) is 6.61 Å². The number of amides is 2. The topological polar surface area (TPSA) is 120 Å². The Morgan fingerprint density at radius 1 is 0.880 bits per heavy atom. The molecule has 9 nitrogen and oxygen atoms in total. The summed E-state index contributed by atoms with van der Waals surface area (Å²) in [6.07, 6.45) is 1.72. The minimum Gasteiger partial charge on any atom is -0.333 e. The molecule has 0 aliphatic carbocycles. The Bertz CT molecular complexity index is 449. The van der Waals surface area contributed by atoms with Crippen molar-refractivity contribution in [2.75, 3.05) is 20.1 Å². The van der Waals surface area contributed by atoms with Gasteiger partial charge in [0.2, 0.25) is 11.8 Å². The lowest BCUT2D eigenvalue weighted by Gasteiger charge is -2.28. The Hall–Kier alpha value is -1.84. The third kappa shape index (κ3) is 9.28. The van der Waals surface area contributed by atoms with Gasteiger partial charge in [-0.2, -0.15) is 0 Å². The van der Waals surface area contributed by atoms with Gasteiger partial charge in [-0.1, -0.05) is 0 Å². The van der Waals surface area contributed by atoms with E-state index in [1.54, 1.807) is 0 Å². The van der Waals surface area contributed by atoms with Crippen LogP contribution in [0.25, 0.3) is 0 Å². The van der Waals surface area contributed by atoms with E-state index in [0.29, 0.717) is 13.0 Å². The summed E-state index contributed by atoms with van der Waals surface area (Å²) < 4.78 is 16.4. The monoisotopic (exact) mass is 358 g/mol. The highest BCUT2D eigenvalue weighted by atomic mass is 16.9. The number of Topliss-reactive ketones (excluding diaryl/α,β-unsaturated/α-hetero) is 2. The number of hydrogen-bond acceptors (Lipinski definition) is 7. The van der Waals surface area contributed by atoms with Crippen LogP contribution in [-0.4, -0.2) is 49.4 Å². The Morgan fingerprint density at radius 2 is 1.36 bits per heavy atom. The number of nitrogens with one attached hydrogen (secondary N) is 2. The molecule has 0 spiro atoms. The molecule has 0 aromatic heterocycles. The molecule has 2 N–H and O–H groups in total. The molecule has 2 amide bonds. The van der Waals surface area contributed by atoms with E-state index in [4.69, 9.17) is 14.2 Å². The number of carbonyl (C=O) groups is 4. The van der Waals surface area contributed by atoms with Gasteiger partial charge in [-0.25, -0.2) is 0 Å². The first-order valence-electron chi connectivity index (χ1n) is 8.27. The van der Waals surface area contributed by atoms with Crippen molar-refractivity contribution in [2.45, 2.75) is 58.3 Å². The fraction of sp³-hybridized carbons (Fsp3) is 0.750. The average molecular weight is 358 g/mol. The average Bonchev–Trinajstić information content (AvgIpc) is 3.00. The summed E-state index contributed by atoms with van der Waals surface area (Å²) >= 11 is 0. The number of ether oxygens (including phenoxy) is 3. The van der Waals surface area contributed by atoms with Gasteiger partial charge < -0.3 is 34.4 Å². The van der Waals surface area contributed by atoms with Crippen LogP contribution in [0.4, 0.5) is 0 Å². The number of rotatable bonds is 12. The molecule has 0 bridgehead atoms. The predicted molar refractivity (Wildman–Crippen MR) is 85.9 cm³/mol. The van der Waals surface area contributed by atoms with Gasteiger partial charge in [0.1, 0.15) is 25.0 Å². The lowest BCUT2D eigenvalue weighted by molar-refractivity contribution is -0.363. The molecule has 1 rings (SSSR count). The Balaban J connectivity index is 2.29. The van der Waals surface area contributed by atoms with Crippen molar-refractivity contribution in [2.24, 2.45) is 0 Å². The van der Waals surface area contributed by atoms with Crippen molar-refractivity contribution in [3.8, 4) is 0 Å². The molecule has 0 unspecified atom stereocenters. The molecule has 1 aliphatic heterocycles. The van der Waals surface area contributed by atoms with Crippen molar-refractivity contribution >= 4 is 23.4 Å². The maximum absolute atomic E-state index is 11.5. The molecular weight excluding hydrogens is 332 g/mol. The minimum absolute atomic E-state index is 0.0597. The second kappa shape index (κ2) is 10.9. The van der Waals surface area contributed by atoms with Crippen molar-refractivity contribution in [1.82, 2.24) is 10.6 Å². The van der Waals surface area contributed by atoms with E-state index < -0.39 is 5.97 Å². The lowest BCUT2D eigenvalue weighted by atomic mass is 10.2. The van der Waals surface area contributed by atoms with Gasteiger partial charge in [0.25, 0.3) is 5.97 Å². The van der Waals surface area contributed by atoms with Crippen molar-refractivity contribution in [1.29, 1.82) is 0 Å². The van der Waals surface area contributed by atoms with Gasteiger partial charge in [0, 0.05) is 32.1 Å². The van der Waals surface area contributed by atoms with Crippen molar-refractivity contribution < 1.29 is 33.4 Å². The maximum Gasteiger partial charge on any atom is 0.286 e. The lowest BCUT2D eigenvalue weighted by Crippen LogP contribution is -2.42. The third-order valence-electron chi connectivity index (χ3n) is 3.48. The highest BCUT2D eigenvalue weighted by Crippen LogP contribution is 2.27. The zero-order valence-corrected chi connectivity index (χ0v) is 14.7. The summed E-state index contributed by atoms with van der Waals surface area (Å²) in [5.74, 6) is -2.05. The van der Waals surface area contributed by atoms with Crippen LogP contribution in [0, 0.1) is 0 Å². The van der Waals surface area contributed by atoms with Gasteiger partial charge in [0.15, 0.2) is 0 Å². The SMILES string of the molecule is CC(=O)CCC(=O)NCOC1(OCNC(=O)CCC(C)=O)CCCO1. The summed E-state index contributed by atoms with van der Waals surface area (Å²) in [5, 5.41) is 5.05. The zero-order valence-electron chi connectivity index (χ0n) is 14.7. The van der Waals surface area contributed by atoms with Crippen LogP contribution in [0.1, 0.15) is 52.4 Å². The summed E-state index contributed by atoms with van der Waals surface area (Å²) in [7, 11) is 0. The molecule has 25 heavy (non-hydrogen) atoms. The summed E-state index contributed by atoms with van der Waals surface area (Å²) in [6, 6.07) is 0. The number of carbonyl (C=O) groups excluding carboxylic acids is 4. The molecule has 1 heterocycles. The Labute approximate surface area is 146 Å². The van der Waals surface area contributed by atoms with E-state index in [2.05, 4.69) is 10.6 Å². The van der Waals surface area contributed by atoms with Crippen LogP contribution < -0.4 is 10.6 Å². The first-order valence-corrected chi connectivity index (χ1v) is 8.27. The first-order chi connectivity index (χ1) is 11.8. The predicted octanol–water partition coefficient (Wildman–Crippen LogP) is 0.370. The van der Waals surface area contributed by atoms with E-state index in [1.165, 1.54) is 13.8 Å². The number of ketones is 2. The first kappa shape index (κ1) is 21.2. The largest absolute Gasteiger partial charge is 0.333 e. The van der Waals surface area contributed by atoms with Gasteiger partial charge in [-0.05, 0) is 20.3 Å². The molecule has 0 radical (unpaired) electrons. The van der Waals surface area contributed by atoms with Crippen LogP contribution in [0.5, 0.6) is 0 Å². The second-order valence-electron chi connectivity index (χ2n) is 5.82. The molecule has 1 fully saturated rings. The molecule has 0 atom stereocenters. The maximum atomic E-state index is 11.5. The Morgan fingerprint density at radius 3 is 1.72 bits per heavy atom. The molecular formula is C16H26N2O7. The van der Waals surface area contributed by atoms with Crippen LogP contribution in [-0.2, 0) is 33.4 Å². The van der Waals surface area contributed by atoms with Crippen LogP contribution in [0.2, 0.25) is 0 Å². The highest BCUT2D eigenvalue weighted by molar-refractivity contribution is 5.83. The summed E-state index contributed by atoms with van der Waals surface area (Å²) in [5.41, 5.74) is 0. The molecule has 1 aliphatic rings. The minimum atomic E-state index is -1.32. The molecule has 1 saturated heterocycles. The summed E-state index contributed by atoms with van der Waals surface area (Å²) in [6.45, 7) is 3.02. The van der Waals surface area contributed by atoms with Crippen LogP contribution in [0.3, 0.4) is 0 Å². The molecule has 9 heteroatoms. The van der Waals surface area contributed by atoms with E-state index in [-0.39, 0.29) is 62.5 Å². The van der Waals surface area contributed by atoms with Crippen molar-refractivity contribution in [3.05, 3.63) is 0 Å². The van der Waals surface area contributed by atoms with Crippen LogP contribution >= 0.6 is 0 Å². The smallest absolute Gasteiger partial charge is 0.286 e. The molecule has 0 aromatic rings. The van der Waals surface area contributed by atoms with Gasteiger partial charge in [-0.3, -0.25) is 9.59 Å². The van der Waals surface area contributed by atoms with E-state index in [9.17, 15) is 19.2 Å². The van der Waals surface area contributed by atoms with E-state index in [0.717, 1.165) is 6.42 Å². The molecule has 0 aromatic carbocycles. The van der Waals surface area contributed by atoms with E-state index >= 15 is 0 Å². The molecule has 142 valence electrons. The third-order valence-corrected chi connectivity index (χ3v) is 3.48. The number of hydrogen-bond donors (Lipinski definition) is 2. The Kier molecular flexibility index (Phi) is 9.25. The fourth-order valence-electron chi connectivity index (χ4n) is 2.07. The second-order valence-corrected chi connectivity index (χ2v) is 5.82. The normalized spacial score (nSPS) is 15.6. The van der Waals surface area contributed by atoms with E-state index in [1.807, 2.05) is 0 Å². The van der Waals surface area contributed by atoms with Gasteiger partial charge >= 0.3 is 0 Å². The highest BCUT2D eigenvalue weighted by Gasteiger charge is 2.38. The molecule has 0 saturated carbocycles. The quantitative estimate of drug-likeness (QED) is 0.484.